The van der Waals surface area contributed by atoms with Crippen LogP contribution in [0.4, 0.5) is 11.5 Å². The van der Waals surface area contributed by atoms with Gasteiger partial charge in [-0.1, -0.05) is 6.92 Å². The smallest absolute Gasteiger partial charge is 0.225 e. The number of ether oxygens (including phenoxy) is 1. The van der Waals surface area contributed by atoms with Gasteiger partial charge in [0, 0.05) is 19.6 Å². The molecule has 5 heteroatoms. The Morgan fingerprint density at radius 2 is 2.42 bits per heavy atom. The van der Waals surface area contributed by atoms with Gasteiger partial charge in [0.2, 0.25) is 5.91 Å². The number of carbonyl (C=O) groups excluding carboxylic acids is 1. The van der Waals surface area contributed by atoms with Crippen molar-refractivity contribution in [2.45, 2.75) is 38.7 Å². The highest BCUT2D eigenvalue weighted by atomic mass is 16.5. The van der Waals surface area contributed by atoms with Crippen LogP contribution in [-0.4, -0.2) is 30.1 Å². The van der Waals surface area contributed by atoms with Crippen LogP contribution in [0, 0.1) is 0 Å². The highest BCUT2D eigenvalue weighted by Gasteiger charge is 2.14. The molecule has 2 rings (SSSR count). The van der Waals surface area contributed by atoms with Gasteiger partial charge in [0.15, 0.2) is 0 Å². The van der Waals surface area contributed by atoms with E-state index in [9.17, 15) is 4.79 Å². The molecule has 1 fully saturated rings. The van der Waals surface area contributed by atoms with E-state index in [1.807, 2.05) is 19.1 Å². The predicted octanol–water partition coefficient (Wildman–Crippen LogP) is 2.41. The van der Waals surface area contributed by atoms with E-state index in [1.165, 1.54) is 0 Å². The van der Waals surface area contributed by atoms with E-state index in [2.05, 4.69) is 15.6 Å². The average molecular weight is 263 g/mol. The Morgan fingerprint density at radius 1 is 1.53 bits per heavy atom. The fraction of sp³-hybridized carbons (Fsp3) is 0.571. The van der Waals surface area contributed by atoms with Crippen molar-refractivity contribution in [3.63, 3.8) is 0 Å². The topological polar surface area (TPSA) is 63.2 Å². The SMILES string of the molecule is CCCC(=O)Nc1ccc(NCC2CCCO2)cn1. The summed E-state index contributed by atoms with van der Waals surface area (Å²) >= 11 is 0. The molecule has 2 heterocycles. The maximum absolute atomic E-state index is 11.4. The molecule has 0 bridgehead atoms. The number of amides is 1. The Hall–Kier alpha value is -1.62. The second-order valence-corrected chi connectivity index (χ2v) is 4.75. The first-order valence-electron chi connectivity index (χ1n) is 6.89. The van der Waals surface area contributed by atoms with Gasteiger partial charge in [0.25, 0.3) is 0 Å². The molecule has 19 heavy (non-hydrogen) atoms. The van der Waals surface area contributed by atoms with Crippen LogP contribution in [0.3, 0.4) is 0 Å². The molecule has 104 valence electrons. The molecule has 2 N–H and O–H groups in total. The van der Waals surface area contributed by atoms with E-state index in [1.54, 1.807) is 6.20 Å². The zero-order chi connectivity index (χ0) is 13.5. The molecule has 1 atom stereocenters. The molecule has 0 radical (unpaired) electrons. The first-order valence-corrected chi connectivity index (χ1v) is 6.89. The van der Waals surface area contributed by atoms with Crippen molar-refractivity contribution >= 4 is 17.4 Å². The summed E-state index contributed by atoms with van der Waals surface area (Å²) in [6.07, 6.45) is 5.67. The van der Waals surface area contributed by atoms with Gasteiger partial charge in [-0.2, -0.15) is 0 Å². The molecule has 1 saturated heterocycles. The van der Waals surface area contributed by atoms with E-state index in [4.69, 9.17) is 4.74 Å². The van der Waals surface area contributed by atoms with Crippen LogP contribution in [0.5, 0.6) is 0 Å². The number of nitrogens with one attached hydrogen (secondary N) is 2. The minimum Gasteiger partial charge on any atom is -0.381 e. The molecular weight excluding hydrogens is 242 g/mol. The lowest BCUT2D eigenvalue weighted by molar-refractivity contribution is -0.116. The summed E-state index contributed by atoms with van der Waals surface area (Å²) in [6, 6.07) is 3.73. The molecule has 0 aromatic carbocycles. The lowest BCUT2D eigenvalue weighted by Crippen LogP contribution is -2.18. The maximum Gasteiger partial charge on any atom is 0.225 e. The van der Waals surface area contributed by atoms with Gasteiger partial charge in [0.1, 0.15) is 5.82 Å². The quantitative estimate of drug-likeness (QED) is 0.827. The van der Waals surface area contributed by atoms with Crippen molar-refractivity contribution in [3.05, 3.63) is 18.3 Å². The third kappa shape index (κ3) is 4.52. The van der Waals surface area contributed by atoms with Gasteiger partial charge in [-0.25, -0.2) is 4.98 Å². The van der Waals surface area contributed by atoms with Gasteiger partial charge in [-0.15, -0.1) is 0 Å². The van der Waals surface area contributed by atoms with E-state index in [0.29, 0.717) is 18.3 Å². The fourth-order valence-corrected chi connectivity index (χ4v) is 2.04. The van der Waals surface area contributed by atoms with Crippen LogP contribution in [0.2, 0.25) is 0 Å². The predicted molar refractivity (Wildman–Crippen MR) is 75.2 cm³/mol. The van der Waals surface area contributed by atoms with Crippen molar-refractivity contribution in [1.29, 1.82) is 0 Å². The number of hydrogen-bond donors (Lipinski definition) is 2. The van der Waals surface area contributed by atoms with Gasteiger partial charge < -0.3 is 15.4 Å². The highest BCUT2D eigenvalue weighted by molar-refractivity contribution is 5.89. The number of nitrogens with zero attached hydrogens (tertiary/aromatic N) is 1. The molecule has 0 saturated carbocycles. The second-order valence-electron chi connectivity index (χ2n) is 4.75. The minimum absolute atomic E-state index is 0.00932. The molecule has 1 unspecified atom stereocenters. The van der Waals surface area contributed by atoms with Crippen LogP contribution < -0.4 is 10.6 Å². The first kappa shape index (κ1) is 13.8. The number of anilines is 2. The van der Waals surface area contributed by atoms with Crippen molar-refractivity contribution in [1.82, 2.24) is 4.98 Å². The van der Waals surface area contributed by atoms with Crippen molar-refractivity contribution in [3.8, 4) is 0 Å². The molecular formula is C14H21N3O2. The van der Waals surface area contributed by atoms with Crippen LogP contribution in [0.15, 0.2) is 18.3 Å². The second kappa shape index (κ2) is 7.09. The van der Waals surface area contributed by atoms with E-state index in [0.717, 1.165) is 38.1 Å². The summed E-state index contributed by atoms with van der Waals surface area (Å²) in [5, 5.41) is 6.06. The van der Waals surface area contributed by atoms with Gasteiger partial charge in [-0.05, 0) is 31.4 Å². The Bertz CT molecular complexity index is 400. The van der Waals surface area contributed by atoms with Crippen LogP contribution >= 0.6 is 0 Å². The lowest BCUT2D eigenvalue weighted by Gasteiger charge is -2.12. The van der Waals surface area contributed by atoms with Crippen LogP contribution in [-0.2, 0) is 9.53 Å². The van der Waals surface area contributed by atoms with Crippen molar-refractivity contribution in [2.24, 2.45) is 0 Å². The molecule has 0 spiro atoms. The van der Waals surface area contributed by atoms with Crippen molar-refractivity contribution in [2.75, 3.05) is 23.8 Å². The van der Waals surface area contributed by atoms with E-state index < -0.39 is 0 Å². The standard InChI is InChI=1S/C14H21N3O2/c1-2-4-14(18)17-13-7-6-11(9-16-13)15-10-12-5-3-8-19-12/h6-7,9,12,15H,2-5,8,10H2,1H3,(H,16,17,18). The largest absolute Gasteiger partial charge is 0.381 e. The van der Waals surface area contributed by atoms with Gasteiger partial charge in [-0.3, -0.25) is 4.79 Å². The summed E-state index contributed by atoms with van der Waals surface area (Å²) in [6.45, 7) is 3.65. The Kier molecular flexibility index (Phi) is 5.15. The zero-order valence-corrected chi connectivity index (χ0v) is 11.3. The number of rotatable bonds is 6. The molecule has 1 aliphatic rings. The highest BCUT2D eigenvalue weighted by Crippen LogP contribution is 2.14. The summed E-state index contributed by atoms with van der Waals surface area (Å²) < 4.78 is 5.54. The molecule has 5 nitrogen and oxygen atoms in total. The molecule has 0 aliphatic carbocycles. The van der Waals surface area contributed by atoms with E-state index in [-0.39, 0.29) is 5.91 Å². The number of aromatic nitrogens is 1. The molecule has 1 aromatic rings. The van der Waals surface area contributed by atoms with Crippen LogP contribution in [0.25, 0.3) is 0 Å². The Labute approximate surface area is 113 Å². The monoisotopic (exact) mass is 263 g/mol. The number of carbonyl (C=O) groups is 1. The van der Waals surface area contributed by atoms with Gasteiger partial charge in [0.05, 0.1) is 18.0 Å². The summed E-state index contributed by atoms with van der Waals surface area (Å²) in [5.74, 6) is 0.608. The average Bonchev–Trinajstić information content (AvgIpc) is 2.91. The van der Waals surface area contributed by atoms with Crippen LogP contribution in [0.1, 0.15) is 32.6 Å². The number of hydrogen-bond acceptors (Lipinski definition) is 4. The summed E-state index contributed by atoms with van der Waals surface area (Å²) in [7, 11) is 0. The summed E-state index contributed by atoms with van der Waals surface area (Å²) in [5.41, 5.74) is 0.948. The normalized spacial score (nSPS) is 18.3. The zero-order valence-electron chi connectivity index (χ0n) is 11.3. The number of pyridine rings is 1. The molecule has 1 aromatic heterocycles. The van der Waals surface area contributed by atoms with Crippen molar-refractivity contribution < 1.29 is 9.53 Å². The molecule has 1 amide bonds. The fourth-order valence-electron chi connectivity index (χ4n) is 2.04. The van der Waals surface area contributed by atoms with E-state index >= 15 is 0 Å². The Balaban J connectivity index is 1.78. The third-order valence-corrected chi connectivity index (χ3v) is 3.07. The Morgan fingerprint density at radius 3 is 3.05 bits per heavy atom. The van der Waals surface area contributed by atoms with Gasteiger partial charge >= 0.3 is 0 Å². The maximum atomic E-state index is 11.4. The molecule has 1 aliphatic heterocycles. The summed E-state index contributed by atoms with van der Waals surface area (Å²) in [4.78, 5) is 15.6. The first-order chi connectivity index (χ1) is 9.28. The lowest BCUT2D eigenvalue weighted by atomic mass is 10.2. The third-order valence-electron chi connectivity index (χ3n) is 3.07. The minimum atomic E-state index is 0.00932.